The van der Waals surface area contributed by atoms with E-state index in [-0.39, 0.29) is 0 Å². The van der Waals surface area contributed by atoms with E-state index >= 15 is 0 Å². The second kappa shape index (κ2) is 8.26. The average Bonchev–Trinajstić information content (AvgIpc) is 2.47. The Bertz CT molecular complexity index is 657. The van der Waals surface area contributed by atoms with Crippen LogP contribution < -0.4 is 10.6 Å². The Hall–Kier alpha value is -1.66. The number of nitrogens with zero attached hydrogens (tertiary/aromatic N) is 3. The molecule has 0 fully saturated rings. The molecule has 23 heavy (non-hydrogen) atoms. The molecule has 0 radical (unpaired) electrons. The van der Waals surface area contributed by atoms with Gasteiger partial charge in [-0.3, -0.25) is 0 Å². The van der Waals surface area contributed by atoms with E-state index in [0.29, 0.717) is 5.95 Å². The minimum atomic E-state index is 0.613. The van der Waals surface area contributed by atoms with Crippen molar-refractivity contribution < 1.29 is 0 Å². The summed E-state index contributed by atoms with van der Waals surface area (Å²) >= 11 is 3.51. The number of hydrogen-bond donors (Lipinski definition) is 2. The molecular formula is C17H24BrN5. The zero-order chi connectivity index (χ0) is 16.8. The predicted molar refractivity (Wildman–Crippen MR) is 101 cm³/mol. The van der Waals surface area contributed by atoms with Gasteiger partial charge in [-0.25, -0.2) is 4.98 Å². The lowest BCUT2D eigenvalue weighted by Crippen LogP contribution is -2.16. The lowest BCUT2D eigenvalue weighted by molar-refractivity contribution is 0.405. The maximum absolute atomic E-state index is 4.54. The zero-order valence-electron chi connectivity index (χ0n) is 14.2. The normalized spacial score (nSPS) is 10.9. The summed E-state index contributed by atoms with van der Waals surface area (Å²) < 4.78 is 1.09. The van der Waals surface area contributed by atoms with Crippen molar-refractivity contribution in [2.75, 3.05) is 37.8 Å². The van der Waals surface area contributed by atoms with Crippen molar-refractivity contribution >= 4 is 33.4 Å². The summed E-state index contributed by atoms with van der Waals surface area (Å²) in [6.07, 6.45) is 1.07. The van der Waals surface area contributed by atoms with E-state index < -0.39 is 0 Å². The molecule has 0 spiro atoms. The molecule has 0 aliphatic rings. The summed E-state index contributed by atoms with van der Waals surface area (Å²) in [5.41, 5.74) is 3.09. The number of aromatic nitrogens is 2. The number of benzene rings is 1. The maximum atomic E-state index is 4.54. The van der Waals surface area contributed by atoms with Gasteiger partial charge < -0.3 is 15.5 Å². The van der Waals surface area contributed by atoms with Gasteiger partial charge in [-0.1, -0.05) is 15.9 Å². The first-order valence-corrected chi connectivity index (χ1v) is 8.51. The molecule has 1 aromatic heterocycles. The van der Waals surface area contributed by atoms with Crippen LogP contribution in [0.4, 0.5) is 17.5 Å². The van der Waals surface area contributed by atoms with Crippen LogP contribution in [0.15, 0.2) is 28.7 Å². The van der Waals surface area contributed by atoms with Crippen molar-refractivity contribution in [1.82, 2.24) is 14.9 Å². The minimum absolute atomic E-state index is 0.613. The van der Waals surface area contributed by atoms with Gasteiger partial charge in [0.05, 0.1) is 0 Å². The minimum Gasteiger partial charge on any atom is -0.370 e. The molecule has 2 aromatic rings. The van der Waals surface area contributed by atoms with Gasteiger partial charge in [0, 0.05) is 28.5 Å². The standard InChI is InChI=1S/C17H24BrN5/c1-12-10-14(6-7-15(12)18)21-17-20-13(2)11-16(22-17)19-8-5-9-23(3)4/h6-7,10-11H,5,8-9H2,1-4H3,(H2,19,20,21,22). The third-order valence-electron chi connectivity index (χ3n) is 3.36. The Morgan fingerprint density at radius 3 is 2.61 bits per heavy atom. The van der Waals surface area contributed by atoms with Gasteiger partial charge in [-0.05, 0) is 64.7 Å². The molecule has 2 N–H and O–H groups in total. The molecule has 0 bridgehead atoms. The van der Waals surface area contributed by atoms with Crippen molar-refractivity contribution in [3.63, 3.8) is 0 Å². The highest BCUT2D eigenvalue weighted by Gasteiger charge is 2.04. The third-order valence-corrected chi connectivity index (χ3v) is 4.25. The molecule has 0 atom stereocenters. The molecule has 0 aliphatic carbocycles. The topological polar surface area (TPSA) is 53.1 Å². The predicted octanol–water partition coefficient (Wildman–Crippen LogP) is 3.96. The second-order valence-electron chi connectivity index (χ2n) is 5.89. The number of halogens is 1. The van der Waals surface area contributed by atoms with Crippen LogP contribution in [0, 0.1) is 13.8 Å². The van der Waals surface area contributed by atoms with Crippen LogP contribution >= 0.6 is 15.9 Å². The highest BCUT2D eigenvalue weighted by molar-refractivity contribution is 9.10. The first-order chi connectivity index (χ1) is 10.9. The van der Waals surface area contributed by atoms with Crippen LogP contribution in [0.1, 0.15) is 17.7 Å². The largest absolute Gasteiger partial charge is 0.370 e. The van der Waals surface area contributed by atoms with E-state index in [2.05, 4.69) is 68.5 Å². The SMILES string of the molecule is Cc1cc(NCCCN(C)C)nc(Nc2ccc(Br)c(C)c2)n1. The Morgan fingerprint density at radius 1 is 1.13 bits per heavy atom. The molecule has 0 saturated heterocycles. The number of rotatable bonds is 7. The summed E-state index contributed by atoms with van der Waals surface area (Å²) in [4.78, 5) is 11.2. The highest BCUT2D eigenvalue weighted by atomic mass is 79.9. The summed E-state index contributed by atoms with van der Waals surface area (Å²) in [6.45, 7) is 5.99. The Balaban J connectivity index is 2.03. The molecule has 2 rings (SSSR count). The second-order valence-corrected chi connectivity index (χ2v) is 6.75. The smallest absolute Gasteiger partial charge is 0.229 e. The molecule has 1 heterocycles. The van der Waals surface area contributed by atoms with Crippen molar-refractivity contribution in [1.29, 1.82) is 0 Å². The monoisotopic (exact) mass is 377 g/mol. The van der Waals surface area contributed by atoms with Crippen LogP contribution in [0.5, 0.6) is 0 Å². The fourth-order valence-electron chi connectivity index (χ4n) is 2.18. The van der Waals surface area contributed by atoms with Crippen molar-refractivity contribution in [3.8, 4) is 0 Å². The van der Waals surface area contributed by atoms with Gasteiger partial charge in [0.1, 0.15) is 5.82 Å². The van der Waals surface area contributed by atoms with Gasteiger partial charge >= 0.3 is 0 Å². The number of nitrogens with one attached hydrogen (secondary N) is 2. The highest BCUT2D eigenvalue weighted by Crippen LogP contribution is 2.22. The first-order valence-electron chi connectivity index (χ1n) is 7.71. The van der Waals surface area contributed by atoms with Crippen LogP contribution in [-0.4, -0.2) is 42.1 Å². The van der Waals surface area contributed by atoms with E-state index in [4.69, 9.17) is 0 Å². The molecule has 1 aromatic carbocycles. The first kappa shape index (κ1) is 17.7. The zero-order valence-corrected chi connectivity index (χ0v) is 15.7. The fraction of sp³-hybridized carbons (Fsp3) is 0.412. The van der Waals surface area contributed by atoms with E-state index in [1.165, 1.54) is 5.56 Å². The van der Waals surface area contributed by atoms with Crippen LogP contribution in [0.25, 0.3) is 0 Å². The van der Waals surface area contributed by atoms with Gasteiger partial charge in [-0.15, -0.1) is 0 Å². The quantitative estimate of drug-likeness (QED) is 0.715. The molecule has 5 nitrogen and oxygen atoms in total. The average molecular weight is 378 g/mol. The Labute approximate surface area is 146 Å². The lowest BCUT2D eigenvalue weighted by atomic mass is 10.2. The maximum Gasteiger partial charge on any atom is 0.229 e. The van der Waals surface area contributed by atoms with Gasteiger partial charge in [0.25, 0.3) is 0 Å². The molecule has 0 saturated carbocycles. The summed E-state index contributed by atoms with van der Waals surface area (Å²) in [5, 5.41) is 6.63. The summed E-state index contributed by atoms with van der Waals surface area (Å²) in [5.74, 6) is 1.47. The van der Waals surface area contributed by atoms with Crippen molar-refractivity contribution in [3.05, 3.63) is 40.0 Å². The third kappa shape index (κ3) is 5.80. The van der Waals surface area contributed by atoms with Crippen LogP contribution in [0.2, 0.25) is 0 Å². The van der Waals surface area contributed by atoms with Gasteiger partial charge in [0.2, 0.25) is 5.95 Å². The molecule has 124 valence electrons. The van der Waals surface area contributed by atoms with Crippen LogP contribution in [0.3, 0.4) is 0 Å². The fourth-order valence-corrected chi connectivity index (χ4v) is 2.42. The van der Waals surface area contributed by atoms with Gasteiger partial charge in [0.15, 0.2) is 0 Å². The van der Waals surface area contributed by atoms with E-state index in [1.54, 1.807) is 0 Å². The molecule has 0 unspecified atom stereocenters. The van der Waals surface area contributed by atoms with Crippen LogP contribution in [-0.2, 0) is 0 Å². The van der Waals surface area contributed by atoms with Gasteiger partial charge in [-0.2, -0.15) is 4.98 Å². The Kier molecular flexibility index (Phi) is 6.36. The molecule has 6 heteroatoms. The number of hydrogen-bond acceptors (Lipinski definition) is 5. The summed E-state index contributed by atoms with van der Waals surface area (Å²) in [7, 11) is 4.16. The number of anilines is 3. The molecule has 0 aliphatic heterocycles. The Morgan fingerprint density at radius 2 is 1.91 bits per heavy atom. The lowest BCUT2D eigenvalue weighted by Gasteiger charge is -2.12. The van der Waals surface area contributed by atoms with Crippen molar-refractivity contribution in [2.45, 2.75) is 20.3 Å². The summed E-state index contributed by atoms with van der Waals surface area (Å²) in [6, 6.07) is 8.06. The number of aryl methyl sites for hydroxylation is 2. The van der Waals surface area contributed by atoms with E-state index in [0.717, 1.165) is 41.2 Å². The van der Waals surface area contributed by atoms with E-state index in [9.17, 15) is 0 Å². The molecular weight excluding hydrogens is 354 g/mol. The van der Waals surface area contributed by atoms with Crippen molar-refractivity contribution in [2.24, 2.45) is 0 Å². The molecule has 0 amide bonds. The van der Waals surface area contributed by atoms with E-state index in [1.807, 2.05) is 25.1 Å².